The van der Waals surface area contributed by atoms with Gasteiger partial charge in [0.15, 0.2) is 17.5 Å². The van der Waals surface area contributed by atoms with Crippen molar-refractivity contribution in [2.45, 2.75) is 24.7 Å². The third-order valence-corrected chi connectivity index (χ3v) is 15.9. The van der Waals surface area contributed by atoms with Gasteiger partial charge in [-0.05, 0) is 114 Å². The highest BCUT2D eigenvalue weighted by atomic mass is 15.1. The monoisotopic (exact) mass is 931 g/mol. The Bertz CT molecular complexity index is 4180. The number of hydrogen-bond acceptors (Lipinski definition) is 4. The highest BCUT2D eigenvalue weighted by molar-refractivity contribution is 5.96. The van der Waals surface area contributed by atoms with Gasteiger partial charge < -0.3 is 0 Å². The number of rotatable bonds is 6. The molecule has 0 saturated heterocycles. The van der Waals surface area contributed by atoms with E-state index in [1.165, 1.54) is 66.8 Å². The van der Waals surface area contributed by atoms with E-state index in [1.54, 1.807) is 0 Å². The van der Waals surface area contributed by atoms with Crippen LogP contribution in [-0.2, 0) is 10.8 Å². The van der Waals surface area contributed by atoms with E-state index >= 15 is 0 Å². The Morgan fingerprint density at radius 1 is 0.315 bits per heavy atom. The third kappa shape index (κ3) is 5.97. The second-order valence-electron chi connectivity index (χ2n) is 20.1. The number of fused-ring (bicyclic) bond motifs is 14. The van der Waals surface area contributed by atoms with E-state index in [-0.39, 0.29) is 5.41 Å². The van der Waals surface area contributed by atoms with Crippen molar-refractivity contribution in [3.05, 3.63) is 270 Å². The van der Waals surface area contributed by atoms with Crippen molar-refractivity contribution in [1.82, 2.24) is 24.5 Å². The smallest absolute Gasteiger partial charge is 0.164 e. The van der Waals surface area contributed by atoms with Gasteiger partial charge in [0, 0.05) is 33.4 Å². The molecule has 3 aliphatic rings. The average Bonchev–Trinajstić information content (AvgIpc) is 4.19. The molecule has 73 heavy (non-hydrogen) atoms. The Morgan fingerprint density at radius 2 is 0.808 bits per heavy atom. The summed E-state index contributed by atoms with van der Waals surface area (Å²) in [7, 11) is 0. The van der Waals surface area contributed by atoms with Crippen molar-refractivity contribution < 1.29 is 0 Å². The Morgan fingerprint density at radius 3 is 1.52 bits per heavy atom. The SMILES string of the molecule is CC1(C)c2ccccc2-c2c(-c3nc(-c4ccc(-c5nc6ccccc6n5-c5ccccc5)cc4)nc(-c4cccc(-c5ccc6c(c5)C5(c7ccccc7-c7ccccc75)c5ccccc5-6)c4)n3)cccc21. The van der Waals surface area contributed by atoms with Gasteiger partial charge in [-0.2, -0.15) is 0 Å². The zero-order chi connectivity index (χ0) is 48.4. The first-order valence-corrected chi connectivity index (χ1v) is 25.1. The number of para-hydroxylation sites is 3. The Labute approximate surface area is 423 Å². The highest BCUT2D eigenvalue weighted by Gasteiger charge is 2.51. The molecule has 2 heterocycles. The molecule has 0 amide bonds. The van der Waals surface area contributed by atoms with Gasteiger partial charge in [0.25, 0.3) is 0 Å². The predicted molar refractivity (Wildman–Crippen MR) is 295 cm³/mol. The number of benzene rings is 10. The van der Waals surface area contributed by atoms with Crippen LogP contribution in [0.2, 0.25) is 0 Å². The molecular weight excluding hydrogens is 887 g/mol. The van der Waals surface area contributed by atoms with Crippen molar-refractivity contribution in [2.24, 2.45) is 0 Å². The number of hydrogen-bond donors (Lipinski definition) is 0. The first-order chi connectivity index (χ1) is 35.9. The fourth-order valence-electron chi connectivity index (χ4n) is 12.6. The predicted octanol–water partition coefficient (Wildman–Crippen LogP) is 16.2. The largest absolute Gasteiger partial charge is 0.292 e. The van der Waals surface area contributed by atoms with Crippen LogP contribution in [0.3, 0.4) is 0 Å². The fourth-order valence-corrected chi connectivity index (χ4v) is 12.6. The summed E-state index contributed by atoms with van der Waals surface area (Å²) in [5, 5.41) is 0. The first-order valence-electron chi connectivity index (χ1n) is 25.1. The van der Waals surface area contributed by atoms with Gasteiger partial charge in [-0.1, -0.05) is 214 Å². The van der Waals surface area contributed by atoms with E-state index in [4.69, 9.17) is 19.9 Å². The van der Waals surface area contributed by atoms with Crippen LogP contribution in [0.1, 0.15) is 47.2 Å². The maximum atomic E-state index is 5.42. The van der Waals surface area contributed by atoms with Crippen LogP contribution >= 0.6 is 0 Å². The van der Waals surface area contributed by atoms with Gasteiger partial charge in [-0.25, -0.2) is 19.9 Å². The normalized spacial score (nSPS) is 13.8. The Hall–Kier alpha value is -9.32. The molecule has 2 aromatic heterocycles. The Balaban J connectivity index is 0.890. The van der Waals surface area contributed by atoms with Crippen LogP contribution in [0.5, 0.6) is 0 Å². The lowest BCUT2D eigenvalue weighted by Gasteiger charge is -2.30. The van der Waals surface area contributed by atoms with E-state index in [0.29, 0.717) is 17.5 Å². The van der Waals surface area contributed by atoms with Crippen molar-refractivity contribution in [3.8, 4) is 95.7 Å². The van der Waals surface area contributed by atoms with Gasteiger partial charge in [0.1, 0.15) is 5.82 Å². The summed E-state index contributed by atoms with van der Waals surface area (Å²) in [4.78, 5) is 21.3. The van der Waals surface area contributed by atoms with E-state index in [1.807, 2.05) is 12.1 Å². The summed E-state index contributed by atoms with van der Waals surface area (Å²) in [6.07, 6.45) is 0. The molecule has 0 radical (unpaired) electrons. The minimum Gasteiger partial charge on any atom is -0.292 e. The first kappa shape index (κ1) is 41.5. The van der Waals surface area contributed by atoms with E-state index in [0.717, 1.165) is 55.9 Å². The molecule has 342 valence electrons. The Kier molecular flexibility index (Phi) is 8.85. The lowest BCUT2D eigenvalue weighted by molar-refractivity contribution is 0.660. The topological polar surface area (TPSA) is 56.5 Å². The zero-order valence-electron chi connectivity index (χ0n) is 40.3. The van der Waals surface area contributed by atoms with Crippen LogP contribution in [-0.4, -0.2) is 24.5 Å². The van der Waals surface area contributed by atoms with Gasteiger partial charge in [-0.3, -0.25) is 4.57 Å². The van der Waals surface area contributed by atoms with Crippen molar-refractivity contribution >= 4 is 11.0 Å². The van der Waals surface area contributed by atoms with Crippen molar-refractivity contribution in [3.63, 3.8) is 0 Å². The molecule has 15 rings (SSSR count). The third-order valence-electron chi connectivity index (χ3n) is 15.9. The standard InChI is InChI=1S/C68H45N5/c1-67(2)54-27-10-9-25-52(54)62-53(26-17-31-58(62)67)65-71-63(42-34-36-43(37-35-42)66-69-60-32-14-15-33-61(60)73(66)47-20-4-3-5-21-47)70-64(72-65)46-19-16-18-44(40-46)45-38-39-51-50-24-8-13-30-57(50)68(59(51)41-45)55-28-11-6-22-48(55)49-23-7-12-29-56(49)68/h3-41H,1-2H3. The maximum Gasteiger partial charge on any atom is 0.164 e. The summed E-state index contributed by atoms with van der Waals surface area (Å²) < 4.78 is 2.23. The lowest BCUT2D eigenvalue weighted by atomic mass is 9.70. The minimum absolute atomic E-state index is 0.181. The molecule has 5 nitrogen and oxygen atoms in total. The molecule has 0 aliphatic heterocycles. The molecule has 1 spiro atoms. The number of imidazole rings is 1. The van der Waals surface area contributed by atoms with E-state index in [9.17, 15) is 0 Å². The van der Waals surface area contributed by atoms with Gasteiger partial charge in [0.2, 0.25) is 0 Å². The molecule has 0 saturated carbocycles. The molecule has 3 aliphatic carbocycles. The number of nitrogens with zero attached hydrogens (tertiary/aromatic N) is 5. The summed E-state index contributed by atoms with van der Waals surface area (Å²) in [5.41, 5.74) is 23.9. The molecule has 0 fully saturated rings. The summed E-state index contributed by atoms with van der Waals surface area (Å²) in [6, 6.07) is 85.4. The van der Waals surface area contributed by atoms with E-state index < -0.39 is 5.41 Å². The number of aromatic nitrogens is 5. The molecular formula is C68H45N5. The van der Waals surface area contributed by atoms with Crippen LogP contribution in [0.25, 0.3) is 107 Å². The van der Waals surface area contributed by atoms with Gasteiger partial charge >= 0.3 is 0 Å². The van der Waals surface area contributed by atoms with Crippen LogP contribution < -0.4 is 0 Å². The van der Waals surface area contributed by atoms with Gasteiger partial charge in [0.05, 0.1) is 16.4 Å². The van der Waals surface area contributed by atoms with Crippen molar-refractivity contribution in [1.29, 1.82) is 0 Å². The van der Waals surface area contributed by atoms with Gasteiger partial charge in [-0.15, -0.1) is 0 Å². The van der Waals surface area contributed by atoms with Crippen LogP contribution in [0, 0.1) is 0 Å². The second kappa shape index (κ2) is 15.6. The lowest BCUT2D eigenvalue weighted by Crippen LogP contribution is -2.25. The molecule has 0 N–H and O–H groups in total. The van der Waals surface area contributed by atoms with Crippen molar-refractivity contribution in [2.75, 3.05) is 0 Å². The molecule has 12 aromatic rings. The minimum atomic E-state index is -0.433. The summed E-state index contributed by atoms with van der Waals surface area (Å²) in [6.45, 7) is 4.63. The average molecular weight is 932 g/mol. The van der Waals surface area contributed by atoms with Crippen LogP contribution in [0.15, 0.2) is 237 Å². The summed E-state index contributed by atoms with van der Waals surface area (Å²) >= 11 is 0. The van der Waals surface area contributed by atoms with E-state index in [2.05, 4.69) is 243 Å². The molecule has 5 heteroatoms. The van der Waals surface area contributed by atoms with Crippen LogP contribution in [0.4, 0.5) is 0 Å². The highest BCUT2D eigenvalue weighted by Crippen LogP contribution is 2.63. The second-order valence-corrected chi connectivity index (χ2v) is 20.1. The molecule has 10 aromatic carbocycles. The quantitative estimate of drug-likeness (QED) is 0.167. The maximum absolute atomic E-state index is 5.42. The molecule has 0 unspecified atom stereocenters. The molecule has 0 atom stereocenters. The summed E-state index contributed by atoms with van der Waals surface area (Å²) in [5.74, 6) is 2.73. The zero-order valence-corrected chi connectivity index (χ0v) is 40.3. The molecule has 0 bridgehead atoms. The fraction of sp³-hybridized carbons (Fsp3) is 0.0588.